The van der Waals surface area contributed by atoms with Crippen LogP contribution in [0.25, 0.3) is 0 Å². The van der Waals surface area contributed by atoms with Gasteiger partial charge >= 0.3 is 6.18 Å². The first-order valence-electron chi connectivity index (χ1n) is 9.62. The van der Waals surface area contributed by atoms with Crippen LogP contribution in [0, 0.1) is 5.82 Å². The van der Waals surface area contributed by atoms with Gasteiger partial charge in [-0.2, -0.15) is 13.2 Å². The third kappa shape index (κ3) is 5.19. The number of likely N-dealkylation sites (tertiary alicyclic amines) is 1. The average molecular weight is 510 g/mol. The Morgan fingerprint density at radius 3 is 2.36 bits per heavy atom. The molecule has 1 aliphatic rings. The predicted molar refractivity (Wildman–Crippen MR) is 112 cm³/mol. The third-order valence-electron chi connectivity index (χ3n) is 5.24. The largest absolute Gasteiger partial charge is 0.494 e. The lowest BCUT2D eigenvalue weighted by atomic mass is 9.90. The average Bonchev–Trinajstić information content (AvgIpc) is 2.66. The van der Waals surface area contributed by atoms with Crippen LogP contribution in [-0.4, -0.2) is 58.0 Å². The van der Waals surface area contributed by atoms with E-state index in [1.807, 2.05) is 0 Å². The molecule has 1 aliphatic heterocycles. The second-order valence-electron chi connectivity index (χ2n) is 7.62. The summed E-state index contributed by atoms with van der Waals surface area (Å²) in [6.45, 7) is 1.02. The maximum atomic E-state index is 13.3. The minimum Gasteiger partial charge on any atom is -0.494 e. The van der Waals surface area contributed by atoms with Gasteiger partial charge in [0.05, 0.1) is 7.11 Å². The van der Waals surface area contributed by atoms with Crippen LogP contribution in [0.1, 0.15) is 28.8 Å². The van der Waals surface area contributed by atoms with Gasteiger partial charge in [0.1, 0.15) is 22.0 Å². The normalized spacial score (nSPS) is 15.7. The Balaban J connectivity index is 1.98. The number of sulfone groups is 1. The zero-order valence-electron chi connectivity index (χ0n) is 17.7. The molecule has 2 aromatic carbocycles. The number of benzene rings is 2. The van der Waals surface area contributed by atoms with E-state index in [4.69, 9.17) is 21.1 Å². The van der Waals surface area contributed by atoms with Crippen molar-refractivity contribution in [1.82, 2.24) is 4.90 Å². The highest BCUT2D eigenvalue weighted by molar-refractivity contribution is 7.90. The van der Waals surface area contributed by atoms with Gasteiger partial charge < -0.3 is 14.4 Å². The summed E-state index contributed by atoms with van der Waals surface area (Å²) < 4.78 is 87.0. The summed E-state index contributed by atoms with van der Waals surface area (Å²) in [6.07, 6.45) is -6.10. The van der Waals surface area contributed by atoms with Crippen LogP contribution >= 0.6 is 11.6 Å². The van der Waals surface area contributed by atoms with Crippen LogP contribution in [0.5, 0.6) is 11.5 Å². The molecule has 1 atom stereocenters. The first kappa shape index (κ1) is 25.1. The van der Waals surface area contributed by atoms with Gasteiger partial charge in [0.2, 0.25) is 0 Å². The van der Waals surface area contributed by atoms with Crippen molar-refractivity contribution in [3.8, 4) is 11.5 Å². The van der Waals surface area contributed by atoms with E-state index in [1.54, 1.807) is 0 Å². The summed E-state index contributed by atoms with van der Waals surface area (Å²) in [7, 11) is -2.77. The molecule has 1 saturated heterocycles. The number of methoxy groups -OCH3 is 1. The van der Waals surface area contributed by atoms with Gasteiger partial charge in [-0.05, 0) is 36.8 Å². The SMILES string of the molecule is COc1c(S(C)(=O)=O)ccc(O[C@@H](C)C(F)(F)F)c1C(=O)N1CC(c2ccc(F)cc2Cl)C1. The summed E-state index contributed by atoms with van der Waals surface area (Å²) in [5, 5.41) is 0.187. The van der Waals surface area contributed by atoms with Crippen LogP contribution in [0.2, 0.25) is 5.02 Å². The summed E-state index contributed by atoms with van der Waals surface area (Å²) in [5.74, 6) is -2.38. The van der Waals surface area contributed by atoms with Crippen molar-refractivity contribution in [1.29, 1.82) is 0 Å². The second kappa shape index (κ2) is 9.02. The number of amides is 1. The Kier molecular flexibility index (Phi) is 6.86. The van der Waals surface area contributed by atoms with Crippen LogP contribution in [0.15, 0.2) is 35.2 Å². The van der Waals surface area contributed by atoms with Gasteiger partial charge in [0, 0.05) is 30.3 Å². The molecule has 3 rings (SSSR count). The van der Waals surface area contributed by atoms with Crippen molar-refractivity contribution >= 4 is 27.3 Å². The predicted octanol–water partition coefficient (Wildman–Crippen LogP) is 4.46. The Hall–Kier alpha value is -2.53. The molecule has 6 nitrogen and oxygen atoms in total. The minimum absolute atomic E-state index is 0.130. The Bertz CT molecular complexity index is 1180. The van der Waals surface area contributed by atoms with E-state index < -0.39 is 50.9 Å². The highest BCUT2D eigenvalue weighted by Crippen LogP contribution is 2.40. The molecule has 0 spiro atoms. The Labute approximate surface area is 193 Å². The number of carbonyl (C=O) groups is 1. The maximum absolute atomic E-state index is 13.3. The molecule has 12 heteroatoms. The van der Waals surface area contributed by atoms with Crippen LogP contribution in [0.4, 0.5) is 17.6 Å². The van der Waals surface area contributed by atoms with Crippen LogP contribution in [-0.2, 0) is 9.84 Å². The lowest BCUT2D eigenvalue weighted by Crippen LogP contribution is -2.48. The van der Waals surface area contributed by atoms with Crippen LogP contribution < -0.4 is 9.47 Å². The summed E-state index contributed by atoms with van der Waals surface area (Å²) in [6, 6.07) is 5.90. The van der Waals surface area contributed by atoms with Crippen molar-refractivity contribution < 1.29 is 40.2 Å². The van der Waals surface area contributed by atoms with Crippen molar-refractivity contribution in [2.45, 2.75) is 30.0 Å². The number of alkyl halides is 3. The monoisotopic (exact) mass is 509 g/mol. The Morgan fingerprint density at radius 2 is 1.85 bits per heavy atom. The molecule has 0 N–H and O–H groups in total. The van der Waals surface area contributed by atoms with E-state index in [9.17, 15) is 30.8 Å². The molecule has 0 radical (unpaired) electrons. The smallest absolute Gasteiger partial charge is 0.425 e. The number of hydrogen-bond acceptors (Lipinski definition) is 5. The summed E-state index contributed by atoms with van der Waals surface area (Å²) in [4.78, 5) is 14.2. The number of nitrogens with zero attached hydrogens (tertiary/aromatic N) is 1. The van der Waals surface area contributed by atoms with Crippen LogP contribution in [0.3, 0.4) is 0 Å². The van der Waals surface area contributed by atoms with Crippen molar-refractivity contribution in [3.63, 3.8) is 0 Å². The van der Waals surface area contributed by atoms with Gasteiger partial charge in [-0.25, -0.2) is 12.8 Å². The summed E-state index contributed by atoms with van der Waals surface area (Å²) in [5.41, 5.74) is 0.182. The fourth-order valence-corrected chi connectivity index (χ4v) is 4.59. The van der Waals surface area contributed by atoms with Crippen molar-refractivity contribution in [3.05, 3.63) is 52.3 Å². The van der Waals surface area contributed by atoms with Gasteiger partial charge in [-0.3, -0.25) is 4.79 Å². The lowest BCUT2D eigenvalue weighted by molar-refractivity contribution is -0.189. The lowest BCUT2D eigenvalue weighted by Gasteiger charge is -2.40. The molecular weight excluding hydrogens is 490 g/mol. The number of carbonyl (C=O) groups excluding carboxylic acids is 1. The molecule has 180 valence electrons. The van der Waals surface area contributed by atoms with Gasteiger partial charge in [-0.1, -0.05) is 17.7 Å². The van der Waals surface area contributed by atoms with Gasteiger partial charge in [-0.15, -0.1) is 0 Å². The fraction of sp³-hybridized carbons (Fsp3) is 0.381. The highest BCUT2D eigenvalue weighted by Gasteiger charge is 2.41. The van der Waals surface area contributed by atoms with E-state index >= 15 is 0 Å². The van der Waals surface area contributed by atoms with E-state index in [0.29, 0.717) is 5.56 Å². The molecule has 2 aromatic rings. The van der Waals surface area contributed by atoms with E-state index in [1.165, 1.54) is 17.0 Å². The molecule has 0 saturated carbocycles. The standard InChI is InChI=1S/C21H20ClF4NO5S/c1-11(21(24,25)26)32-16-6-7-17(33(3,29)30)19(31-2)18(16)20(28)27-9-12(10-27)14-5-4-13(23)8-15(14)22/h4-8,11-12H,9-10H2,1-3H3/t11-/m0/s1. The number of hydrogen-bond donors (Lipinski definition) is 0. The Morgan fingerprint density at radius 1 is 1.21 bits per heavy atom. The molecule has 1 heterocycles. The summed E-state index contributed by atoms with van der Waals surface area (Å²) >= 11 is 6.07. The zero-order valence-corrected chi connectivity index (χ0v) is 19.3. The van der Waals surface area contributed by atoms with E-state index in [-0.39, 0.29) is 28.9 Å². The molecule has 0 unspecified atom stereocenters. The fourth-order valence-electron chi connectivity index (χ4n) is 3.43. The molecule has 0 aliphatic carbocycles. The van der Waals surface area contributed by atoms with E-state index in [0.717, 1.165) is 38.5 Å². The molecule has 0 aromatic heterocycles. The zero-order chi connectivity index (χ0) is 24.7. The van der Waals surface area contributed by atoms with Crippen molar-refractivity contribution in [2.24, 2.45) is 0 Å². The number of ether oxygens (including phenoxy) is 2. The van der Waals surface area contributed by atoms with E-state index in [2.05, 4.69) is 0 Å². The molecule has 1 amide bonds. The topological polar surface area (TPSA) is 72.9 Å². The first-order chi connectivity index (χ1) is 15.2. The minimum atomic E-state index is -4.72. The van der Waals surface area contributed by atoms with Gasteiger partial charge in [0.15, 0.2) is 21.7 Å². The second-order valence-corrected chi connectivity index (χ2v) is 10.0. The third-order valence-corrected chi connectivity index (χ3v) is 6.68. The first-order valence-corrected chi connectivity index (χ1v) is 11.9. The number of rotatable bonds is 6. The maximum Gasteiger partial charge on any atom is 0.425 e. The quantitative estimate of drug-likeness (QED) is 0.538. The highest BCUT2D eigenvalue weighted by atomic mass is 35.5. The number of halogens is 5. The molecule has 1 fully saturated rings. The molecular formula is C21H20ClF4NO5S. The molecule has 0 bridgehead atoms. The molecule has 33 heavy (non-hydrogen) atoms. The van der Waals surface area contributed by atoms with Gasteiger partial charge in [0.25, 0.3) is 5.91 Å². The van der Waals surface area contributed by atoms with Crippen molar-refractivity contribution in [2.75, 3.05) is 26.5 Å².